The van der Waals surface area contributed by atoms with E-state index in [0.29, 0.717) is 12.1 Å². The molecular weight excluding hydrogens is 198 g/mol. The summed E-state index contributed by atoms with van der Waals surface area (Å²) in [5, 5.41) is 1.97. The number of benzene rings is 1. The zero-order valence-electron chi connectivity index (χ0n) is 10.1. The van der Waals surface area contributed by atoms with Gasteiger partial charge >= 0.3 is 0 Å². The molecule has 88 valence electrons. The Morgan fingerprint density at radius 1 is 1.12 bits per heavy atom. The maximum Gasteiger partial charge on any atom is 0.0343 e. The minimum Gasteiger partial charge on any atom is -0.296 e. The van der Waals surface area contributed by atoms with Crippen molar-refractivity contribution < 1.29 is 0 Å². The van der Waals surface area contributed by atoms with E-state index in [4.69, 9.17) is 5.84 Å². The zero-order chi connectivity index (χ0) is 11.5. The molecule has 0 spiro atoms. The molecule has 2 rings (SSSR count). The van der Waals surface area contributed by atoms with E-state index in [-0.39, 0.29) is 0 Å². The summed E-state index contributed by atoms with van der Waals surface area (Å²) in [4.78, 5) is 2.48. The maximum absolute atomic E-state index is 5.98. The van der Waals surface area contributed by atoms with Crippen molar-refractivity contribution in [1.29, 1.82) is 0 Å². The van der Waals surface area contributed by atoms with Gasteiger partial charge in [-0.3, -0.25) is 10.7 Å². The van der Waals surface area contributed by atoms with E-state index in [0.717, 1.165) is 19.6 Å². The van der Waals surface area contributed by atoms with Crippen LogP contribution in [-0.2, 0) is 6.54 Å². The normalized spacial score (nSPS) is 28.2. The lowest BCUT2D eigenvalue weighted by molar-refractivity contribution is 0.0347. The predicted molar refractivity (Wildman–Crippen MR) is 66.7 cm³/mol. The van der Waals surface area contributed by atoms with Gasteiger partial charge in [-0.05, 0) is 19.4 Å². The average Bonchev–Trinajstić information content (AvgIpc) is 2.27. The van der Waals surface area contributed by atoms with Crippen molar-refractivity contribution in [2.24, 2.45) is 5.84 Å². The monoisotopic (exact) mass is 219 g/mol. The summed E-state index contributed by atoms with van der Waals surface area (Å²) in [7, 11) is 0. The van der Waals surface area contributed by atoms with E-state index >= 15 is 0 Å². The summed E-state index contributed by atoms with van der Waals surface area (Å²) in [6.07, 6.45) is 0. The van der Waals surface area contributed by atoms with Gasteiger partial charge in [0, 0.05) is 31.7 Å². The number of piperazine rings is 1. The van der Waals surface area contributed by atoms with E-state index in [9.17, 15) is 0 Å². The number of rotatable bonds is 2. The first-order chi connectivity index (χ1) is 7.66. The van der Waals surface area contributed by atoms with Crippen LogP contribution in [0.5, 0.6) is 0 Å². The fourth-order valence-corrected chi connectivity index (χ4v) is 2.42. The lowest BCUT2D eigenvalue weighted by Gasteiger charge is -2.41. The molecule has 2 unspecified atom stereocenters. The van der Waals surface area contributed by atoms with Crippen LogP contribution in [0.1, 0.15) is 19.4 Å². The van der Waals surface area contributed by atoms with Crippen molar-refractivity contribution in [3.63, 3.8) is 0 Å². The van der Waals surface area contributed by atoms with Gasteiger partial charge in [0.05, 0.1) is 0 Å². The second-order valence-corrected chi connectivity index (χ2v) is 4.82. The topological polar surface area (TPSA) is 32.5 Å². The van der Waals surface area contributed by atoms with E-state index < -0.39 is 0 Å². The van der Waals surface area contributed by atoms with Gasteiger partial charge in [0.15, 0.2) is 0 Å². The van der Waals surface area contributed by atoms with Gasteiger partial charge in [-0.2, -0.15) is 0 Å². The van der Waals surface area contributed by atoms with E-state index in [1.165, 1.54) is 5.56 Å². The molecule has 1 aliphatic heterocycles. The van der Waals surface area contributed by atoms with Crippen LogP contribution < -0.4 is 5.84 Å². The largest absolute Gasteiger partial charge is 0.296 e. The highest BCUT2D eigenvalue weighted by Crippen LogP contribution is 2.14. The molecule has 3 nitrogen and oxygen atoms in total. The van der Waals surface area contributed by atoms with Crippen molar-refractivity contribution in [3.8, 4) is 0 Å². The predicted octanol–water partition coefficient (Wildman–Crippen LogP) is 1.45. The van der Waals surface area contributed by atoms with Crippen LogP contribution in [0, 0.1) is 0 Å². The number of nitrogens with zero attached hydrogens (tertiary/aromatic N) is 2. The standard InChI is InChI=1S/C13H21N3/c1-11-8-15(9-12(2)16(11)14)10-13-6-4-3-5-7-13/h3-7,11-12H,8-10,14H2,1-2H3. The van der Waals surface area contributed by atoms with Crippen molar-refractivity contribution in [2.45, 2.75) is 32.5 Å². The average molecular weight is 219 g/mol. The Hall–Kier alpha value is -0.900. The SMILES string of the molecule is CC1CN(Cc2ccccc2)CC(C)N1N. The number of hydrogen-bond donors (Lipinski definition) is 1. The van der Waals surface area contributed by atoms with Crippen LogP contribution in [0.25, 0.3) is 0 Å². The lowest BCUT2D eigenvalue weighted by atomic mass is 10.1. The number of nitrogens with two attached hydrogens (primary N) is 1. The smallest absolute Gasteiger partial charge is 0.0343 e. The van der Waals surface area contributed by atoms with Crippen molar-refractivity contribution in [1.82, 2.24) is 9.91 Å². The van der Waals surface area contributed by atoms with Gasteiger partial charge in [-0.15, -0.1) is 0 Å². The zero-order valence-corrected chi connectivity index (χ0v) is 10.1. The summed E-state index contributed by atoms with van der Waals surface area (Å²) in [6.45, 7) is 7.51. The van der Waals surface area contributed by atoms with Gasteiger partial charge in [-0.1, -0.05) is 30.3 Å². The van der Waals surface area contributed by atoms with Crippen LogP contribution >= 0.6 is 0 Å². The molecule has 1 aliphatic rings. The van der Waals surface area contributed by atoms with E-state index in [1.807, 2.05) is 5.01 Å². The Morgan fingerprint density at radius 3 is 2.25 bits per heavy atom. The van der Waals surface area contributed by atoms with Crippen LogP contribution in [0.2, 0.25) is 0 Å². The van der Waals surface area contributed by atoms with Gasteiger partial charge in [0.25, 0.3) is 0 Å². The molecule has 3 heteroatoms. The number of hydrazine groups is 1. The van der Waals surface area contributed by atoms with Gasteiger partial charge in [0.1, 0.15) is 0 Å². The maximum atomic E-state index is 5.98. The fourth-order valence-electron chi connectivity index (χ4n) is 2.42. The molecule has 0 aliphatic carbocycles. The number of hydrogen-bond acceptors (Lipinski definition) is 3. The van der Waals surface area contributed by atoms with Crippen LogP contribution in [0.3, 0.4) is 0 Å². The summed E-state index contributed by atoms with van der Waals surface area (Å²) in [5.74, 6) is 5.98. The van der Waals surface area contributed by atoms with E-state index in [2.05, 4.69) is 49.1 Å². The third-order valence-corrected chi connectivity index (χ3v) is 3.31. The van der Waals surface area contributed by atoms with Gasteiger partial charge in [0.2, 0.25) is 0 Å². The third kappa shape index (κ3) is 2.61. The summed E-state index contributed by atoms with van der Waals surface area (Å²) in [6, 6.07) is 11.5. The van der Waals surface area contributed by atoms with E-state index in [1.54, 1.807) is 0 Å². The Balaban J connectivity index is 1.97. The Kier molecular flexibility index (Phi) is 3.59. The first-order valence-corrected chi connectivity index (χ1v) is 5.96. The molecule has 1 aromatic carbocycles. The second-order valence-electron chi connectivity index (χ2n) is 4.82. The Morgan fingerprint density at radius 2 is 1.69 bits per heavy atom. The molecule has 1 heterocycles. The molecule has 0 amide bonds. The molecule has 0 bridgehead atoms. The van der Waals surface area contributed by atoms with Crippen molar-refractivity contribution in [3.05, 3.63) is 35.9 Å². The quantitative estimate of drug-likeness (QED) is 0.764. The first kappa shape index (κ1) is 11.6. The molecule has 16 heavy (non-hydrogen) atoms. The molecule has 1 saturated heterocycles. The van der Waals surface area contributed by atoms with Crippen molar-refractivity contribution >= 4 is 0 Å². The highest BCUT2D eigenvalue weighted by atomic mass is 15.5. The Bertz CT molecular complexity index is 313. The highest BCUT2D eigenvalue weighted by Gasteiger charge is 2.26. The molecular formula is C13H21N3. The minimum absolute atomic E-state index is 0.437. The molecule has 0 aromatic heterocycles. The fraction of sp³-hybridized carbons (Fsp3) is 0.538. The lowest BCUT2D eigenvalue weighted by Crippen LogP contribution is -2.59. The molecule has 1 fully saturated rings. The molecule has 2 atom stereocenters. The minimum atomic E-state index is 0.437. The molecule has 0 saturated carbocycles. The highest BCUT2D eigenvalue weighted by molar-refractivity contribution is 5.14. The van der Waals surface area contributed by atoms with Gasteiger partial charge < -0.3 is 0 Å². The molecule has 1 aromatic rings. The summed E-state index contributed by atoms with van der Waals surface area (Å²) >= 11 is 0. The first-order valence-electron chi connectivity index (χ1n) is 5.96. The Labute approximate surface area is 97.8 Å². The summed E-state index contributed by atoms with van der Waals surface area (Å²) in [5.41, 5.74) is 1.38. The van der Waals surface area contributed by atoms with Gasteiger partial charge in [-0.25, -0.2) is 5.01 Å². The summed E-state index contributed by atoms with van der Waals surface area (Å²) < 4.78 is 0. The van der Waals surface area contributed by atoms with Crippen LogP contribution in [-0.4, -0.2) is 35.1 Å². The van der Waals surface area contributed by atoms with Crippen LogP contribution in [0.4, 0.5) is 0 Å². The second kappa shape index (κ2) is 4.95. The third-order valence-electron chi connectivity index (χ3n) is 3.31. The molecule has 0 radical (unpaired) electrons. The van der Waals surface area contributed by atoms with Crippen molar-refractivity contribution in [2.75, 3.05) is 13.1 Å². The van der Waals surface area contributed by atoms with Crippen LogP contribution in [0.15, 0.2) is 30.3 Å². The molecule has 2 N–H and O–H groups in total.